The molecule has 30 heavy (non-hydrogen) atoms. The second kappa shape index (κ2) is 8.50. The van der Waals surface area contributed by atoms with Crippen molar-refractivity contribution in [2.24, 2.45) is 0 Å². The minimum atomic E-state index is -0.469. The molecule has 3 heterocycles. The Hall–Kier alpha value is -3.46. The summed E-state index contributed by atoms with van der Waals surface area (Å²) in [5, 5.41) is 14.4. The number of nitrogens with one attached hydrogen (secondary N) is 2. The van der Waals surface area contributed by atoms with Gasteiger partial charge in [0.05, 0.1) is 10.5 Å². The van der Waals surface area contributed by atoms with E-state index in [4.69, 9.17) is 0 Å². The first-order valence-corrected chi connectivity index (χ1v) is 10.0. The Morgan fingerprint density at radius 2 is 2.03 bits per heavy atom. The average molecular weight is 408 g/mol. The van der Waals surface area contributed by atoms with Gasteiger partial charge in [0, 0.05) is 68.2 Å². The molecule has 9 nitrogen and oxygen atoms in total. The molecule has 0 spiro atoms. The van der Waals surface area contributed by atoms with Crippen molar-refractivity contribution in [1.29, 1.82) is 0 Å². The smallest absolute Gasteiger partial charge is 0.270 e. The lowest BCUT2D eigenvalue weighted by Crippen LogP contribution is -2.46. The number of carbonyl (C=O) groups excluding carboxylic acids is 1. The van der Waals surface area contributed by atoms with Crippen LogP contribution in [0.3, 0.4) is 0 Å². The topological polar surface area (TPSA) is 107 Å². The summed E-state index contributed by atoms with van der Waals surface area (Å²) >= 11 is 0. The van der Waals surface area contributed by atoms with Gasteiger partial charge < -0.3 is 20.1 Å². The Balaban J connectivity index is 1.39. The summed E-state index contributed by atoms with van der Waals surface area (Å²) in [6.07, 6.45) is 3.35. The molecule has 1 fully saturated rings. The number of piperazine rings is 1. The van der Waals surface area contributed by atoms with Crippen LogP contribution in [-0.2, 0) is 6.54 Å². The van der Waals surface area contributed by atoms with Crippen LogP contribution in [0.1, 0.15) is 22.8 Å². The number of non-ortho nitro benzene ring substituents is 1. The molecular formula is C21H24N6O3. The van der Waals surface area contributed by atoms with Crippen LogP contribution in [0.5, 0.6) is 0 Å². The van der Waals surface area contributed by atoms with Gasteiger partial charge in [-0.2, -0.15) is 0 Å². The molecule has 0 atom stereocenters. The van der Waals surface area contributed by atoms with Crippen LogP contribution >= 0.6 is 0 Å². The van der Waals surface area contributed by atoms with E-state index in [1.54, 1.807) is 18.5 Å². The number of rotatable bonds is 6. The third kappa shape index (κ3) is 4.11. The Morgan fingerprint density at radius 3 is 2.70 bits per heavy atom. The highest BCUT2D eigenvalue weighted by molar-refractivity contribution is 6.07. The van der Waals surface area contributed by atoms with Crippen molar-refractivity contribution in [3.05, 3.63) is 64.0 Å². The summed E-state index contributed by atoms with van der Waals surface area (Å²) in [4.78, 5) is 35.4. The Labute approximate surface area is 173 Å². The molecule has 0 bridgehead atoms. The minimum absolute atomic E-state index is 0.0456. The van der Waals surface area contributed by atoms with E-state index in [-0.39, 0.29) is 11.6 Å². The number of likely N-dealkylation sites (N-methyl/N-ethyl adjacent to an activating group) is 1. The van der Waals surface area contributed by atoms with Crippen molar-refractivity contribution in [3.8, 4) is 0 Å². The third-order valence-electron chi connectivity index (χ3n) is 5.53. The lowest BCUT2D eigenvalue weighted by molar-refractivity contribution is -0.384. The number of hydrogen-bond donors (Lipinski definition) is 2. The molecule has 9 heteroatoms. The van der Waals surface area contributed by atoms with Crippen LogP contribution in [0.4, 0.5) is 11.5 Å². The Kier molecular flexibility index (Phi) is 5.62. The SMILES string of the molecule is CCN1CCN(c2ccc(CNC(=O)c3c[nH]c4ccc([N+](=O)[O-])cc34)cn2)CC1. The highest BCUT2D eigenvalue weighted by Crippen LogP contribution is 2.23. The van der Waals surface area contributed by atoms with Gasteiger partial charge in [0.2, 0.25) is 0 Å². The molecule has 4 rings (SSSR count). The third-order valence-corrected chi connectivity index (χ3v) is 5.53. The molecule has 2 aromatic heterocycles. The quantitative estimate of drug-likeness (QED) is 0.479. The number of anilines is 1. The zero-order chi connectivity index (χ0) is 21.1. The van der Waals surface area contributed by atoms with Gasteiger partial charge in [-0.25, -0.2) is 4.98 Å². The van der Waals surface area contributed by atoms with Gasteiger partial charge in [0.1, 0.15) is 5.82 Å². The fraction of sp³-hybridized carbons (Fsp3) is 0.333. The number of nitro groups is 1. The summed E-state index contributed by atoms with van der Waals surface area (Å²) in [7, 11) is 0. The first-order chi connectivity index (χ1) is 14.5. The number of nitro benzene ring substituents is 1. The van der Waals surface area contributed by atoms with E-state index in [0.29, 0.717) is 23.0 Å². The van der Waals surface area contributed by atoms with Crippen LogP contribution in [0, 0.1) is 10.1 Å². The zero-order valence-corrected chi connectivity index (χ0v) is 16.8. The number of pyridine rings is 1. The molecule has 1 aliphatic rings. The lowest BCUT2D eigenvalue weighted by atomic mass is 10.1. The number of hydrogen-bond acceptors (Lipinski definition) is 6. The van der Waals surface area contributed by atoms with E-state index in [0.717, 1.165) is 44.1 Å². The van der Waals surface area contributed by atoms with Gasteiger partial charge in [0.25, 0.3) is 11.6 Å². The van der Waals surface area contributed by atoms with Crippen LogP contribution in [0.25, 0.3) is 10.9 Å². The van der Waals surface area contributed by atoms with Crippen molar-refractivity contribution >= 4 is 28.3 Å². The highest BCUT2D eigenvalue weighted by atomic mass is 16.6. The molecule has 1 aromatic carbocycles. The number of nitrogens with zero attached hydrogens (tertiary/aromatic N) is 4. The van der Waals surface area contributed by atoms with E-state index in [2.05, 4.69) is 32.0 Å². The van der Waals surface area contributed by atoms with Crippen molar-refractivity contribution in [2.75, 3.05) is 37.6 Å². The van der Waals surface area contributed by atoms with E-state index in [1.165, 1.54) is 12.1 Å². The van der Waals surface area contributed by atoms with Gasteiger partial charge in [0.15, 0.2) is 0 Å². The van der Waals surface area contributed by atoms with Crippen LogP contribution in [0.2, 0.25) is 0 Å². The maximum absolute atomic E-state index is 12.6. The van der Waals surface area contributed by atoms with Crippen molar-refractivity contribution in [2.45, 2.75) is 13.5 Å². The molecule has 2 N–H and O–H groups in total. The molecular weight excluding hydrogens is 384 g/mol. The standard InChI is InChI=1S/C21H24N6O3/c1-2-25-7-9-26(10-8-25)20-6-3-15(12-23-20)13-24-21(28)18-14-22-19-5-4-16(27(29)30)11-17(18)19/h3-6,11-12,14,22H,2,7-10,13H2,1H3,(H,24,28). The summed E-state index contributed by atoms with van der Waals surface area (Å²) < 4.78 is 0. The molecule has 1 amide bonds. The maximum atomic E-state index is 12.6. The number of carbonyl (C=O) groups is 1. The van der Waals surface area contributed by atoms with Crippen LogP contribution in [-0.4, -0.2) is 58.4 Å². The van der Waals surface area contributed by atoms with Crippen LogP contribution in [0.15, 0.2) is 42.7 Å². The molecule has 0 saturated carbocycles. The average Bonchev–Trinajstić information content (AvgIpc) is 3.21. The molecule has 3 aromatic rings. The fourth-order valence-electron chi connectivity index (χ4n) is 3.69. The van der Waals surface area contributed by atoms with Crippen LogP contribution < -0.4 is 10.2 Å². The monoisotopic (exact) mass is 408 g/mol. The van der Waals surface area contributed by atoms with Gasteiger partial charge in [-0.15, -0.1) is 0 Å². The van der Waals surface area contributed by atoms with E-state index < -0.39 is 4.92 Å². The predicted octanol–water partition coefficient (Wildman–Crippen LogP) is 2.54. The molecule has 156 valence electrons. The molecule has 1 saturated heterocycles. The molecule has 0 radical (unpaired) electrons. The second-order valence-corrected chi connectivity index (χ2v) is 7.32. The Morgan fingerprint density at radius 1 is 1.23 bits per heavy atom. The van der Waals surface area contributed by atoms with Crippen molar-refractivity contribution in [1.82, 2.24) is 20.2 Å². The first-order valence-electron chi connectivity index (χ1n) is 10.0. The largest absolute Gasteiger partial charge is 0.360 e. The summed E-state index contributed by atoms with van der Waals surface area (Å²) in [5.41, 5.74) is 1.91. The number of amides is 1. The summed E-state index contributed by atoms with van der Waals surface area (Å²) in [6, 6.07) is 8.38. The number of fused-ring (bicyclic) bond motifs is 1. The lowest BCUT2D eigenvalue weighted by Gasteiger charge is -2.34. The van der Waals surface area contributed by atoms with E-state index >= 15 is 0 Å². The number of benzene rings is 1. The van der Waals surface area contributed by atoms with Crippen molar-refractivity contribution < 1.29 is 9.72 Å². The predicted molar refractivity (Wildman–Crippen MR) is 115 cm³/mol. The minimum Gasteiger partial charge on any atom is -0.360 e. The van der Waals surface area contributed by atoms with E-state index in [9.17, 15) is 14.9 Å². The fourth-order valence-corrected chi connectivity index (χ4v) is 3.69. The maximum Gasteiger partial charge on any atom is 0.270 e. The van der Waals surface area contributed by atoms with Gasteiger partial charge in [-0.05, 0) is 24.2 Å². The molecule has 1 aliphatic heterocycles. The van der Waals surface area contributed by atoms with E-state index in [1.807, 2.05) is 12.1 Å². The zero-order valence-electron chi connectivity index (χ0n) is 16.8. The normalized spacial score (nSPS) is 14.8. The number of aromatic amines is 1. The second-order valence-electron chi connectivity index (χ2n) is 7.32. The van der Waals surface area contributed by atoms with Gasteiger partial charge in [-0.1, -0.05) is 13.0 Å². The van der Waals surface area contributed by atoms with Crippen molar-refractivity contribution in [3.63, 3.8) is 0 Å². The van der Waals surface area contributed by atoms with Gasteiger partial charge >= 0.3 is 0 Å². The highest BCUT2D eigenvalue weighted by Gasteiger charge is 2.17. The first kappa shape index (κ1) is 19.8. The number of H-pyrrole nitrogens is 1. The molecule has 0 unspecified atom stereocenters. The van der Waals surface area contributed by atoms with Gasteiger partial charge in [-0.3, -0.25) is 14.9 Å². The molecule has 0 aliphatic carbocycles. The number of aromatic nitrogens is 2. The summed E-state index contributed by atoms with van der Waals surface area (Å²) in [5.74, 6) is 0.659. The Bertz CT molecular complexity index is 1050. The summed E-state index contributed by atoms with van der Waals surface area (Å²) in [6.45, 7) is 7.58.